The Labute approximate surface area is 179 Å². The predicted molar refractivity (Wildman–Crippen MR) is 116 cm³/mol. The highest BCUT2D eigenvalue weighted by atomic mass is 32.1. The minimum absolute atomic E-state index is 0.00324. The van der Waals surface area contributed by atoms with E-state index in [0.29, 0.717) is 5.75 Å². The van der Waals surface area contributed by atoms with Crippen molar-refractivity contribution in [2.45, 2.75) is 37.5 Å². The van der Waals surface area contributed by atoms with Gasteiger partial charge in [0, 0.05) is 5.92 Å². The van der Waals surface area contributed by atoms with E-state index in [1.54, 1.807) is 0 Å². The lowest BCUT2D eigenvalue weighted by Crippen LogP contribution is -2.53. The Hall–Kier alpha value is -2.83. The standard InChI is InChI=1S/C24H23NO4S/c1-24(2)22(26)20(21-19(29-24)11-12-30-21)25-23(27)28-13-18-16-9-5-3-7-14(16)15-8-4-6-10-17(15)18/h3-12,18,20,22,26H,13H2,1-2H3,(H,25,27)/t20-,22+/m1/s1. The van der Waals surface area contributed by atoms with Crippen molar-refractivity contribution in [3.05, 3.63) is 76.0 Å². The van der Waals surface area contributed by atoms with Crippen LogP contribution in [0.15, 0.2) is 60.0 Å². The van der Waals surface area contributed by atoms with Crippen LogP contribution in [0.25, 0.3) is 11.1 Å². The van der Waals surface area contributed by atoms with E-state index in [9.17, 15) is 9.90 Å². The van der Waals surface area contributed by atoms with Crippen molar-refractivity contribution >= 4 is 17.4 Å². The number of aliphatic hydroxyl groups is 1. The number of fused-ring (bicyclic) bond motifs is 4. The average Bonchev–Trinajstić information content (AvgIpc) is 3.32. The van der Waals surface area contributed by atoms with Crippen molar-refractivity contribution in [2.24, 2.45) is 0 Å². The normalized spacial score (nSPS) is 21.2. The van der Waals surface area contributed by atoms with Gasteiger partial charge in [0.25, 0.3) is 0 Å². The molecule has 6 heteroatoms. The molecule has 2 N–H and O–H groups in total. The van der Waals surface area contributed by atoms with E-state index in [-0.39, 0.29) is 12.5 Å². The van der Waals surface area contributed by atoms with Crippen LogP contribution in [0.5, 0.6) is 5.75 Å². The predicted octanol–water partition coefficient (Wildman–Crippen LogP) is 4.86. The number of benzene rings is 2. The molecule has 1 aliphatic heterocycles. The van der Waals surface area contributed by atoms with Gasteiger partial charge in [-0.1, -0.05) is 48.5 Å². The lowest BCUT2D eigenvalue weighted by molar-refractivity contribution is -0.0621. The van der Waals surface area contributed by atoms with Crippen LogP contribution in [0.1, 0.15) is 41.8 Å². The monoisotopic (exact) mass is 421 g/mol. The zero-order valence-electron chi connectivity index (χ0n) is 16.8. The molecule has 0 spiro atoms. The van der Waals surface area contributed by atoms with Gasteiger partial charge in [-0.2, -0.15) is 0 Å². The Morgan fingerprint density at radius 3 is 2.40 bits per heavy atom. The number of thiophene rings is 1. The summed E-state index contributed by atoms with van der Waals surface area (Å²) in [7, 11) is 0. The fourth-order valence-electron chi connectivity index (χ4n) is 4.42. The van der Waals surface area contributed by atoms with Gasteiger partial charge in [-0.3, -0.25) is 0 Å². The summed E-state index contributed by atoms with van der Waals surface area (Å²) < 4.78 is 11.5. The van der Waals surface area contributed by atoms with Crippen LogP contribution in [0.2, 0.25) is 0 Å². The average molecular weight is 422 g/mol. The topological polar surface area (TPSA) is 67.8 Å². The highest BCUT2D eigenvalue weighted by Crippen LogP contribution is 2.45. The van der Waals surface area contributed by atoms with E-state index in [4.69, 9.17) is 9.47 Å². The van der Waals surface area contributed by atoms with Crippen LogP contribution >= 0.6 is 11.3 Å². The minimum Gasteiger partial charge on any atom is -0.484 e. The summed E-state index contributed by atoms with van der Waals surface area (Å²) in [5.41, 5.74) is 3.90. The van der Waals surface area contributed by atoms with Crippen molar-refractivity contribution in [3.8, 4) is 16.9 Å². The van der Waals surface area contributed by atoms with E-state index < -0.39 is 23.8 Å². The van der Waals surface area contributed by atoms with Gasteiger partial charge in [0.2, 0.25) is 0 Å². The molecule has 154 valence electrons. The first-order valence-electron chi connectivity index (χ1n) is 10.0. The van der Waals surface area contributed by atoms with E-state index in [1.165, 1.54) is 33.6 Å². The van der Waals surface area contributed by atoms with Gasteiger partial charge < -0.3 is 19.9 Å². The van der Waals surface area contributed by atoms with E-state index >= 15 is 0 Å². The molecule has 1 aliphatic carbocycles. The fraction of sp³-hybridized carbons (Fsp3) is 0.292. The Kier molecular flexibility index (Phi) is 4.56. The molecule has 2 aromatic carbocycles. The molecule has 5 nitrogen and oxygen atoms in total. The lowest BCUT2D eigenvalue weighted by atomic mass is 9.91. The van der Waals surface area contributed by atoms with Gasteiger partial charge in [-0.05, 0) is 47.5 Å². The molecule has 0 saturated carbocycles. The minimum atomic E-state index is -0.885. The third kappa shape index (κ3) is 3.07. The summed E-state index contributed by atoms with van der Waals surface area (Å²) in [4.78, 5) is 13.5. The van der Waals surface area contributed by atoms with Gasteiger partial charge >= 0.3 is 6.09 Å². The SMILES string of the molecule is CC1(C)Oc2ccsc2[C@@H](NC(=O)OCC2c3ccccc3-c3ccccc32)[C@@H]1O. The molecule has 1 aromatic heterocycles. The second-order valence-corrected chi connectivity index (χ2v) is 9.19. The maximum absolute atomic E-state index is 12.7. The van der Waals surface area contributed by atoms with Crippen LogP contribution in [0.3, 0.4) is 0 Å². The summed E-state index contributed by atoms with van der Waals surface area (Å²) in [6.07, 6.45) is -1.43. The molecule has 3 aromatic rings. The molecule has 5 rings (SSSR count). The molecule has 0 saturated heterocycles. The fourth-order valence-corrected chi connectivity index (χ4v) is 5.32. The summed E-state index contributed by atoms with van der Waals surface area (Å²) in [5, 5.41) is 15.5. The number of nitrogens with one attached hydrogen (secondary N) is 1. The summed E-state index contributed by atoms with van der Waals surface area (Å²) in [6.45, 7) is 3.86. The maximum atomic E-state index is 12.7. The number of amides is 1. The quantitative estimate of drug-likeness (QED) is 0.634. The van der Waals surface area contributed by atoms with Crippen LogP contribution < -0.4 is 10.1 Å². The van der Waals surface area contributed by atoms with Gasteiger partial charge in [-0.15, -0.1) is 11.3 Å². The Morgan fingerprint density at radius 1 is 1.10 bits per heavy atom. The van der Waals surface area contributed by atoms with E-state index in [0.717, 1.165) is 4.88 Å². The molecule has 0 fully saturated rings. The molecule has 1 amide bonds. The first kappa shape index (κ1) is 19.2. The van der Waals surface area contributed by atoms with E-state index in [2.05, 4.69) is 29.6 Å². The number of aliphatic hydroxyl groups excluding tert-OH is 1. The number of carbonyl (C=O) groups excluding carboxylic acids is 1. The van der Waals surface area contributed by atoms with Gasteiger partial charge in [0.15, 0.2) is 0 Å². The molecule has 0 unspecified atom stereocenters. The van der Waals surface area contributed by atoms with Crippen LogP contribution in [0.4, 0.5) is 4.79 Å². The third-order valence-corrected chi connectivity index (χ3v) is 6.94. The molecular formula is C24H23NO4S. The smallest absolute Gasteiger partial charge is 0.407 e. The van der Waals surface area contributed by atoms with Gasteiger partial charge in [-0.25, -0.2) is 4.79 Å². The zero-order chi connectivity index (χ0) is 20.9. The molecular weight excluding hydrogens is 398 g/mol. The first-order chi connectivity index (χ1) is 14.5. The summed E-state index contributed by atoms with van der Waals surface area (Å²) >= 11 is 1.45. The molecule has 2 aliphatic rings. The van der Waals surface area contributed by atoms with Gasteiger partial charge in [0.05, 0.1) is 4.88 Å². The van der Waals surface area contributed by atoms with Crippen LogP contribution in [-0.4, -0.2) is 29.5 Å². The number of rotatable bonds is 3. The molecule has 0 radical (unpaired) electrons. The first-order valence-corrected chi connectivity index (χ1v) is 10.9. The molecule has 2 atom stereocenters. The number of ether oxygens (including phenoxy) is 2. The number of hydrogen-bond donors (Lipinski definition) is 2. The molecule has 0 bridgehead atoms. The summed E-state index contributed by atoms with van der Waals surface area (Å²) in [5.74, 6) is 0.691. The Bertz CT molecular complexity index is 1060. The van der Waals surface area contributed by atoms with Gasteiger partial charge in [0.1, 0.15) is 30.1 Å². The van der Waals surface area contributed by atoms with Crippen molar-refractivity contribution in [2.75, 3.05) is 6.61 Å². The lowest BCUT2D eigenvalue weighted by Gasteiger charge is -2.40. The highest BCUT2D eigenvalue weighted by molar-refractivity contribution is 7.10. The van der Waals surface area contributed by atoms with Crippen LogP contribution in [0, 0.1) is 0 Å². The molecule has 30 heavy (non-hydrogen) atoms. The maximum Gasteiger partial charge on any atom is 0.407 e. The van der Waals surface area contributed by atoms with Crippen molar-refractivity contribution < 1.29 is 19.4 Å². The third-order valence-electron chi connectivity index (χ3n) is 5.96. The van der Waals surface area contributed by atoms with Crippen molar-refractivity contribution in [1.82, 2.24) is 5.32 Å². The number of hydrogen-bond acceptors (Lipinski definition) is 5. The second kappa shape index (κ2) is 7.15. The highest BCUT2D eigenvalue weighted by Gasteiger charge is 2.44. The van der Waals surface area contributed by atoms with Crippen molar-refractivity contribution in [3.63, 3.8) is 0 Å². The number of carbonyl (C=O) groups is 1. The summed E-state index contributed by atoms with van der Waals surface area (Å²) in [6, 6.07) is 17.7. The Morgan fingerprint density at radius 2 is 1.73 bits per heavy atom. The van der Waals surface area contributed by atoms with Crippen LogP contribution in [-0.2, 0) is 4.74 Å². The zero-order valence-corrected chi connectivity index (χ0v) is 17.6. The Balaban J connectivity index is 1.33. The second-order valence-electron chi connectivity index (χ2n) is 8.25. The largest absolute Gasteiger partial charge is 0.484 e. The van der Waals surface area contributed by atoms with Crippen molar-refractivity contribution in [1.29, 1.82) is 0 Å². The van der Waals surface area contributed by atoms with E-state index in [1.807, 2.05) is 49.6 Å². The number of alkyl carbamates (subject to hydrolysis) is 1. The molecule has 2 heterocycles.